The summed E-state index contributed by atoms with van der Waals surface area (Å²) in [5.74, 6) is 0. The van der Waals surface area contributed by atoms with Crippen molar-refractivity contribution in [3.8, 4) is 11.4 Å². The lowest BCUT2D eigenvalue weighted by molar-refractivity contribution is -0.0288. The summed E-state index contributed by atoms with van der Waals surface area (Å²) in [6.45, 7) is 8.20. The van der Waals surface area contributed by atoms with Crippen LogP contribution in [0.25, 0.3) is 33.2 Å². The Kier molecular flexibility index (Phi) is 12.9. The van der Waals surface area contributed by atoms with Gasteiger partial charge >= 0.3 is 0 Å². The molecule has 0 N–H and O–H groups in total. The van der Waals surface area contributed by atoms with Gasteiger partial charge < -0.3 is 9.30 Å². The normalized spacial score (nSPS) is 19.4. The molecule has 0 radical (unpaired) electrons. The standard InChI is InChI=1S/C58H61N15O6S2/c1-6-43-23-46(32-66(4)56(43)74)72-51-21-39(2)48(24-44(51)28-61-72)58(27-42-15-11-8-12-16-42)18-20-69(38-58)81(77,78)55-31-60-71(65-55)33-50-53(34-70(63-50)47-35-79-36-47)73-52-22-40(3)49(25-45(52)29-62-73)57(26-41-13-9-7-10-14-41)17-19-68(37-57)80(75,76)54-30-59-67(5)64-54/h7-16,21-25,28-32,34,47H,6,17-20,26-27,33,35-38H2,1-5H3. The second kappa shape index (κ2) is 19.9. The molecule has 4 aromatic carbocycles. The van der Waals surface area contributed by atoms with E-state index in [1.165, 1.54) is 26.3 Å². The maximum absolute atomic E-state index is 14.9. The van der Waals surface area contributed by atoms with Crippen LogP contribution in [0.1, 0.15) is 70.4 Å². The molecule has 81 heavy (non-hydrogen) atoms. The molecule has 0 bridgehead atoms. The lowest BCUT2D eigenvalue weighted by atomic mass is 9.73. The van der Waals surface area contributed by atoms with E-state index in [4.69, 9.17) is 20.0 Å². The lowest BCUT2D eigenvalue weighted by Gasteiger charge is -2.32. The number of ether oxygens (including phenoxy) is 1. The molecular weight excluding hydrogens is 1070 g/mol. The average Bonchev–Trinajstić information content (AvgIpc) is 4.48. The minimum Gasteiger partial charge on any atom is -0.377 e. The van der Waals surface area contributed by atoms with Crippen LogP contribution in [0.15, 0.2) is 143 Å². The molecule has 13 rings (SSSR count). The minimum absolute atomic E-state index is 0.00302. The number of aromatic nitrogens is 13. The summed E-state index contributed by atoms with van der Waals surface area (Å²) in [4.78, 5) is 15.4. The number of pyridine rings is 1. The number of sulfonamides is 2. The smallest absolute Gasteiger partial charge is 0.264 e. The molecule has 0 amide bonds. The molecule has 21 nitrogen and oxygen atoms in total. The highest BCUT2D eigenvalue weighted by molar-refractivity contribution is 7.89. The van der Waals surface area contributed by atoms with E-state index in [9.17, 15) is 21.6 Å². The van der Waals surface area contributed by atoms with E-state index in [1.807, 2.05) is 82.0 Å². The third kappa shape index (κ3) is 9.20. The second-order valence-corrected chi connectivity index (χ2v) is 25.9. The first-order valence-electron chi connectivity index (χ1n) is 27.2. The summed E-state index contributed by atoms with van der Waals surface area (Å²) in [6, 6.07) is 30.8. The molecule has 23 heteroatoms. The van der Waals surface area contributed by atoms with Crippen LogP contribution < -0.4 is 5.56 Å². The Labute approximate surface area is 468 Å². The quantitative estimate of drug-likeness (QED) is 0.110. The monoisotopic (exact) mass is 1130 g/mol. The van der Waals surface area contributed by atoms with E-state index < -0.39 is 30.9 Å². The number of fused-ring (bicyclic) bond motifs is 2. The molecule has 3 saturated heterocycles. The molecular formula is C58H61N15O6S2. The van der Waals surface area contributed by atoms with E-state index in [1.54, 1.807) is 29.2 Å². The molecule has 0 aliphatic carbocycles. The third-order valence-electron chi connectivity index (χ3n) is 16.9. The van der Waals surface area contributed by atoms with Crippen molar-refractivity contribution in [1.29, 1.82) is 0 Å². The van der Waals surface area contributed by atoms with Crippen molar-refractivity contribution in [1.82, 2.24) is 72.5 Å². The molecule has 3 aliphatic rings. The van der Waals surface area contributed by atoms with Crippen molar-refractivity contribution in [3.63, 3.8) is 0 Å². The molecule has 0 saturated carbocycles. The van der Waals surface area contributed by atoms with Gasteiger partial charge in [0.15, 0.2) is 0 Å². The fourth-order valence-corrected chi connectivity index (χ4v) is 15.4. The third-order valence-corrected chi connectivity index (χ3v) is 20.3. The van der Waals surface area contributed by atoms with Gasteiger partial charge in [0.05, 0.1) is 67.0 Å². The van der Waals surface area contributed by atoms with Gasteiger partial charge in [-0.1, -0.05) is 67.6 Å². The maximum atomic E-state index is 14.9. The fourth-order valence-electron chi connectivity index (χ4n) is 12.6. The fraction of sp³-hybridized carbons (Fsp3) is 0.345. The first-order chi connectivity index (χ1) is 39.0. The number of rotatable bonds is 16. The molecule has 0 spiro atoms. The van der Waals surface area contributed by atoms with Crippen LogP contribution in [0.5, 0.6) is 0 Å². The van der Waals surface area contributed by atoms with Gasteiger partial charge in [-0.2, -0.15) is 43.7 Å². The Morgan fingerprint density at radius 2 is 1.20 bits per heavy atom. The first kappa shape index (κ1) is 52.4. The summed E-state index contributed by atoms with van der Waals surface area (Å²) < 4.78 is 73.5. The van der Waals surface area contributed by atoms with Crippen LogP contribution in [-0.2, 0) is 75.5 Å². The predicted molar refractivity (Wildman–Crippen MR) is 302 cm³/mol. The predicted octanol–water partition coefficient (Wildman–Crippen LogP) is 5.93. The SMILES string of the molecule is CCc1cc(-n2ncc3cc(C4(Cc5ccccc5)CCN(S(=O)(=O)c5cnn(Cc6nn(C7COC7)cc6-n6ncc7cc(C8(Cc9ccccc9)CCN(S(=O)(=O)c9cnn(C)n9)C8)c(C)cc76)n5)C4)c(C)cc32)cn(C)c1=O. The lowest BCUT2D eigenvalue weighted by Crippen LogP contribution is -2.36. The van der Waals surface area contributed by atoms with Crippen LogP contribution in [0.2, 0.25) is 0 Å². The number of hydrogen-bond acceptors (Lipinski definition) is 13. The Balaban J connectivity index is 0.801. The molecule has 416 valence electrons. The molecule has 2 atom stereocenters. The van der Waals surface area contributed by atoms with Crippen LogP contribution in [0.4, 0.5) is 0 Å². The molecule has 6 aromatic heterocycles. The van der Waals surface area contributed by atoms with Crippen molar-refractivity contribution in [2.24, 2.45) is 14.1 Å². The van der Waals surface area contributed by atoms with Crippen LogP contribution in [0.3, 0.4) is 0 Å². The van der Waals surface area contributed by atoms with Gasteiger partial charge in [0.1, 0.15) is 17.9 Å². The highest BCUT2D eigenvalue weighted by Crippen LogP contribution is 2.45. The summed E-state index contributed by atoms with van der Waals surface area (Å²) in [5.41, 5.74) is 9.55. The van der Waals surface area contributed by atoms with Crippen molar-refractivity contribution in [2.45, 2.75) is 86.3 Å². The highest BCUT2D eigenvalue weighted by atomic mass is 32.2. The molecule has 10 aromatic rings. The van der Waals surface area contributed by atoms with E-state index >= 15 is 0 Å². The van der Waals surface area contributed by atoms with Crippen molar-refractivity contribution in [3.05, 3.63) is 183 Å². The van der Waals surface area contributed by atoms with E-state index in [0.29, 0.717) is 68.8 Å². The van der Waals surface area contributed by atoms with E-state index in [-0.39, 0.29) is 47.8 Å². The number of aryl methyl sites for hydroxylation is 5. The van der Waals surface area contributed by atoms with E-state index in [2.05, 4.69) is 82.8 Å². The van der Waals surface area contributed by atoms with Gasteiger partial charge in [-0.3, -0.25) is 9.48 Å². The number of benzene rings is 4. The highest BCUT2D eigenvalue weighted by Gasteiger charge is 2.48. The zero-order chi connectivity index (χ0) is 56.0. The molecule has 2 unspecified atom stereocenters. The molecule has 9 heterocycles. The average molecular weight is 1130 g/mol. The second-order valence-electron chi connectivity index (χ2n) is 22.1. The largest absolute Gasteiger partial charge is 0.377 e. The van der Waals surface area contributed by atoms with Gasteiger partial charge in [-0.05, 0) is 110 Å². The van der Waals surface area contributed by atoms with Gasteiger partial charge in [0.25, 0.3) is 25.6 Å². The van der Waals surface area contributed by atoms with Crippen molar-refractivity contribution < 1.29 is 21.6 Å². The number of nitrogens with zero attached hydrogens (tertiary/aromatic N) is 15. The van der Waals surface area contributed by atoms with Crippen molar-refractivity contribution >= 4 is 41.9 Å². The van der Waals surface area contributed by atoms with Gasteiger partial charge in [0.2, 0.25) is 10.1 Å². The summed E-state index contributed by atoms with van der Waals surface area (Å²) in [5, 5.41) is 33.7. The van der Waals surface area contributed by atoms with Crippen molar-refractivity contribution in [2.75, 3.05) is 39.4 Å². The van der Waals surface area contributed by atoms with Crippen LogP contribution in [-0.4, -0.2) is 129 Å². The zero-order valence-corrected chi connectivity index (χ0v) is 47.3. The summed E-state index contributed by atoms with van der Waals surface area (Å²) in [7, 11) is -4.71. The van der Waals surface area contributed by atoms with Crippen LogP contribution >= 0.6 is 0 Å². The summed E-state index contributed by atoms with van der Waals surface area (Å²) >= 11 is 0. The van der Waals surface area contributed by atoms with Crippen LogP contribution in [0, 0.1) is 13.8 Å². The van der Waals surface area contributed by atoms with Gasteiger partial charge in [-0.15, -0.1) is 10.2 Å². The van der Waals surface area contributed by atoms with Gasteiger partial charge in [-0.25, -0.2) is 26.2 Å². The number of hydrogen-bond donors (Lipinski definition) is 0. The molecule has 3 fully saturated rings. The van der Waals surface area contributed by atoms with Gasteiger partial charge in [0, 0.05) is 73.6 Å². The summed E-state index contributed by atoms with van der Waals surface area (Å²) in [6.07, 6.45) is 13.0. The van der Waals surface area contributed by atoms with E-state index in [0.717, 1.165) is 60.9 Å². The minimum atomic E-state index is -4.14. The topological polar surface area (TPSA) is 221 Å². The Hall–Kier alpha value is -7.96. The first-order valence-corrected chi connectivity index (χ1v) is 30.1. The molecule has 3 aliphatic heterocycles. The Morgan fingerprint density at radius 3 is 1.74 bits per heavy atom. The Bertz CT molecular complexity index is 4350. The Morgan fingerprint density at radius 1 is 0.642 bits per heavy atom. The maximum Gasteiger partial charge on any atom is 0.264 e. The zero-order valence-electron chi connectivity index (χ0n) is 45.7.